The zero-order valence-electron chi connectivity index (χ0n) is 14.9. The van der Waals surface area contributed by atoms with E-state index < -0.39 is 5.54 Å². The van der Waals surface area contributed by atoms with Gasteiger partial charge in [-0.05, 0) is 23.3 Å². The summed E-state index contributed by atoms with van der Waals surface area (Å²) in [6.45, 7) is 0.810. The SMILES string of the molecule is COC(=O)[C@@]1(Cc2ccccc2)[NH2+]CCc2cc(OC)c(OC)cc21. The van der Waals surface area contributed by atoms with Gasteiger partial charge in [-0.25, -0.2) is 4.79 Å². The van der Waals surface area contributed by atoms with Gasteiger partial charge in [0.25, 0.3) is 0 Å². The van der Waals surface area contributed by atoms with Gasteiger partial charge in [-0.1, -0.05) is 30.3 Å². The molecule has 2 N–H and O–H groups in total. The number of ether oxygens (including phenoxy) is 3. The summed E-state index contributed by atoms with van der Waals surface area (Å²) >= 11 is 0. The van der Waals surface area contributed by atoms with E-state index in [1.807, 2.05) is 42.5 Å². The standard InChI is InChI=1S/C20H23NO4/c1-23-17-11-15-9-10-21-20(19(22)25-3,16(15)12-18(17)24-2)13-14-7-5-4-6-8-14/h4-8,11-12,21H,9-10,13H2,1-3H3/p+1/t20-/m0/s1. The molecule has 0 bridgehead atoms. The van der Waals surface area contributed by atoms with Crippen molar-refractivity contribution in [3.63, 3.8) is 0 Å². The van der Waals surface area contributed by atoms with Crippen molar-refractivity contribution in [2.45, 2.75) is 18.4 Å². The minimum atomic E-state index is -0.816. The van der Waals surface area contributed by atoms with Gasteiger partial charge in [0.05, 0.1) is 27.9 Å². The molecule has 0 saturated carbocycles. The van der Waals surface area contributed by atoms with E-state index in [1.165, 1.54) is 7.11 Å². The summed E-state index contributed by atoms with van der Waals surface area (Å²) in [6, 6.07) is 13.9. The number of benzene rings is 2. The Kier molecular flexibility index (Phi) is 4.95. The predicted molar refractivity (Wildman–Crippen MR) is 93.9 cm³/mol. The lowest BCUT2D eigenvalue weighted by atomic mass is 9.78. The Morgan fingerprint density at radius 2 is 1.76 bits per heavy atom. The normalized spacial score (nSPS) is 19.0. The fourth-order valence-electron chi connectivity index (χ4n) is 3.66. The van der Waals surface area contributed by atoms with Crippen molar-refractivity contribution in [1.82, 2.24) is 0 Å². The van der Waals surface area contributed by atoms with E-state index in [1.54, 1.807) is 14.2 Å². The van der Waals surface area contributed by atoms with Crippen molar-refractivity contribution in [3.8, 4) is 11.5 Å². The van der Waals surface area contributed by atoms with Crippen LogP contribution in [0.15, 0.2) is 42.5 Å². The maximum absolute atomic E-state index is 12.9. The average molecular weight is 342 g/mol. The van der Waals surface area contributed by atoms with Crippen LogP contribution in [-0.4, -0.2) is 33.8 Å². The van der Waals surface area contributed by atoms with Crippen LogP contribution in [0, 0.1) is 0 Å². The quantitative estimate of drug-likeness (QED) is 0.835. The highest BCUT2D eigenvalue weighted by Gasteiger charge is 2.49. The molecule has 5 nitrogen and oxygen atoms in total. The number of carbonyl (C=O) groups is 1. The number of fused-ring (bicyclic) bond motifs is 1. The Morgan fingerprint density at radius 1 is 1.08 bits per heavy atom. The molecule has 1 heterocycles. The second-order valence-corrected chi connectivity index (χ2v) is 6.23. The van der Waals surface area contributed by atoms with Gasteiger partial charge in [0.1, 0.15) is 0 Å². The minimum absolute atomic E-state index is 0.246. The van der Waals surface area contributed by atoms with Gasteiger partial charge in [-0.15, -0.1) is 0 Å². The van der Waals surface area contributed by atoms with Gasteiger partial charge in [0, 0.05) is 18.4 Å². The molecular weight excluding hydrogens is 318 g/mol. The molecule has 1 atom stereocenters. The van der Waals surface area contributed by atoms with E-state index in [9.17, 15) is 4.79 Å². The third kappa shape index (κ3) is 3.07. The molecule has 0 radical (unpaired) electrons. The first-order valence-corrected chi connectivity index (χ1v) is 8.36. The molecule has 0 unspecified atom stereocenters. The molecule has 25 heavy (non-hydrogen) atoms. The van der Waals surface area contributed by atoms with Crippen molar-refractivity contribution >= 4 is 5.97 Å². The van der Waals surface area contributed by atoms with Crippen LogP contribution in [0.25, 0.3) is 0 Å². The summed E-state index contributed by atoms with van der Waals surface area (Å²) in [7, 11) is 4.67. The Balaban J connectivity index is 2.16. The van der Waals surface area contributed by atoms with Crippen LogP contribution in [0.5, 0.6) is 11.5 Å². The zero-order chi connectivity index (χ0) is 17.9. The molecular formula is C20H24NO4+. The van der Waals surface area contributed by atoms with E-state index in [4.69, 9.17) is 14.2 Å². The fourth-order valence-corrected chi connectivity index (χ4v) is 3.66. The lowest BCUT2D eigenvalue weighted by Gasteiger charge is -2.35. The van der Waals surface area contributed by atoms with Crippen molar-refractivity contribution in [3.05, 3.63) is 59.2 Å². The summed E-state index contributed by atoms with van der Waals surface area (Å²) < 4.78 is 16.1. The van der Waals surface area contributed by atoms with Crippen LogP contribution in [0.2, 0.25) is 0 Å². The van der Waals surface area contributed by atoms with Crippen LogP contribution in [0.3, 0.4) is 0 Å². The number of methoxy groups -OCH3 is 3. The lowest BCUT2D eigenvalue weighted by molar-refractivity contribution is -0.726. The molecule has 0 fully saturated rings. The van der Waals surface area contributed by atoms with Crippen LogP contribution in [-0.2, 0) is 27.9 Å². The first-order valence-electron chi connectivity index (χ1n) is 8.36. The number of hydrogen-bond donors (Lipinski definition) is 1. The molecule has 2 aromatic carbocycles. The largest absolute Gasteiger partial charge is 0.493 e. The van der Waals surface area contributed by atoms with Crippen LogP contribution in [0.4, 0.5) is 0 Å². The summed E-state index contributed by atoms with van der Waals surface area (Å²) in [5.74, 6) is 1.06. The van der Waals surface area contributed by atoms with Crippen molar-refractivity contribution < 1.29 is 24.3 Å². The van der Waals surface area contributed by atoms with Crippen LogP contribution < -0.4 is 14.8 Å². The van der Waals surface area contributed by atoms with Crippen molar-refractivity contribution in [2.24, 2.45) is 0 Å². The minimum Gasteiger partial charge on any atom is -0.493 e. The van der Waals surface area contributed by atoms with Gasteiger partial charge >= 0.3 is 5.97 Å². The highest BCUT2D eigenvalue weighted by molar-refractivity contribution is 5.82. The molecule has 0 amide bonds. The summed E-state index contributed by atoms with van der Waals surface area (Å²) in [5, 5.41) is 2.08. The topological polar surface area (TPSA) is 61.4 Å². The zero-order valence-corrected chi connectivity index (χ0v) is 14.9. The second kappa shape index (κ2) is 7.15. The molecule has 0 saturated heterocycles. The van der Waals surface area contributed by atoms with E-state index in [0.717, 1.165) is 29.7 Å². The van der Waals surface area contributed by atoms with E-state index in [2.05, 4.69) is 5.32 Å². The second-order valence-electron chi connectivity index (χ2n) is 6.23. The molecule has 2 aromatic rings. The monoisotopic (exact) mass is 342 g/mol. The molecule has 1 aliphatic heterocycles. The molecule has 132 valence electrons. The third-order valence-electron chi connectivity index (χ3n) is 4.87. The maximum atomic E-state index is 12.9. The van der Waals surface area contributed by atoms with Crippen LogP contribution in [0.1, 0.15) is 16.7 Å². The molecule has 0 spiro atoms. The summed E-state index contributed by atoms with van der Waals surface area (Å²) in [4.78, 5) is 12.9. The molecule has 1 aliphatic rings. The van der Waals surface area contributed by atoms with Crippen LogP contribution >= 0.6 is 0 Å². The molecule has 3 rings (SSSR count). The Labute approximate surface area is 147 Å². The molecule has 5 heteroatoms. The van der Waals surface area contributed by atoms with Gasteiger partial charge in [-0.3, -0.25) is 0 Å². The number of esters is 1. The molecule has 0 aliphatic carbocycles. The predicted octanol–water partition coefficient (Wildman–Crippen LogP) is 1.43. The Hall–Kier alpha value is -2.53. The van der Waals surface area contributed by atoms with Gasteiger partial charge < -0.3 is 19.5 Å². The Morgan fingerprint density at radius 3 is 2.40 bits per heavy atom. The van der Waals surface area contributed by atoms with Gasteiger partial charge in [0.2, 0.25) is 5.54 Å². The van der Waals surface area contributed by atoms with E-state index >= 15 is 0 Å². The van der Waals surface area contributed by atoms with E-state index in [-0.39, 0.29) is 5.97 Å². The lowest BCUT2D eigenvalue weighted by Crippen LogP contribution is -2.99. The number of quaternary nitrogens is 1. The summed E-state index contributed by atoms with van der Waals surface area (Å²) in [5.41, 5.74) is 2.31. The van der Waals surface area contributed by atoms with E-state index in [0.29, 0.717) is 17.9 Å². The highest BCUT2D eigenvalue weighted by atomic mass is 16.5. The molecule has 0 aromatic heterocycles. The number of nitrogens with two attached hydrogens (primary N) is 1. The number of rotatable bonds is 5. The van der Waals surface area contributed by atoms with Gasteiger partial charge in [-0.2, -0.15) is 0 Å². The van der Waals surface area contributed by atoms with Crippen molar-refractivity contribution in [1.29, 1.82) is 0 Å². The third-order valence-corrected chi connectivity index (χ3v) is 4.87. The maximum Gasteiger partial charge on any atom is 0.373 e. The first kappa shape index (κ1) is 17.3. The van der Waals surface area contributed by atoms with Gasteiger partial charge in [0.15, 0.2) is 11.5 Å². The smallest absolute Gasteiger partial charge is 0.373 e. The highest BCUT2D eigenvalue weighted by Crippen LogP contribution is 2.37. The number of carbonyl (C=O) groups excluding carboxylic acids is 1. The average Bonchev–Trinajstić information content (AvgIpc) is 2.67. The Bertz CT molecular complexity index is 760. The first-order chi connectivity index (χ1) is 12.1. The van der Waals surface area contributed by atoms with Crippen molar-refractivity contribution in [2.75, 3.05) is 27.9 Å². The fraction of sp³-hybridized carbons (Fsp3) is 0.350. The summed E-state index contributed by atoms with van der Waals surface area (Å²) in [6.07, 6.45) is 1.42. The number of hydrogen-bond acceptors (Lipinski definition) is 4.